The lowest BCUT2D eigenvalue weighted by Crippen LogP contribution is -2.20. The Morgan fingerprint density at radius 2 is 2.05 bits per heavy atom. The standard InChI is InChI=1S/C16H19ClN4/c1-4-14-16(17)15(21(3)20-14)10-19-11(2)13-7-5-12(9-18)6-8-13/h5-8,11,19H,4,10H2,1-3H3. The summed E-state index contributed by atoms with van der Waals surface area (Å²) < 4.78 is 1.83. The number of halogens is 1. The highest BCUT2D eigenvalue weighted by Crippen LogP contribution is 2.22. The van der Waals surface area contributed by atoms with Crippen LogP contribution in [0.1, 0.15) is 42.4 Å². The van der Waals surface area contributed by atoms with E-state index >= 15 is 0 Å². The van der Waals surface area contributed by atoms with Gasteiger partial charge in [-0.25, -0.2) is 0 Å². The molecule has 1 atom stereocenters. The first kappa shape index (κ1) is 15.6. The van der Waals surface area contributed by atoms with E-state index in [1.165, 1.54) is 0 Å². The summed E-state index contributed by atoms with van der Waals surface area (Å²) in [5, 5.41) is 17.4. The van der Waals surface area contributed by atoms with Crippen LogP contribution in [-0.2, 0) is 20.0 Å². The van der Waals surface area contributed by atoms with Crippen LogP contribution < -0.4 is 5.32 Å². The van der Waals surface area contributed by atoms with E-state index in [2.05, 4.69) is 23.4 Å². The fourth-order valence-electron chi connectivity index (χ4n) is 2.23. The molecule has 0 amide bonds. The fourth-order valence-corrected chi connectivity index (χ4v) is 2.59. The van der Waals surface area contributed by atoms with Gasteiger partial charge in [-0.05, 0) is 31.0 Å². The minimum atomic E-state index is 0.175. The summed E-state index contributed by atoms with van der Waals surface area (Å²) in [6, 6.07) is 9.91. The maximum atomic E-state index is 8.82. The third-order valence-corrected chi connectivity index (χ3v) is 4.05. The van der Waals surface area contributed by atoms with E-state index in [9.17, 15) is 0 Å². The fraction of sp³-hybridized carbons (Fsp3) is 0.375. The lowest BCUT2D eigenvalue weighted by atomic mass is 10.1. The molecule has 0 saturated carbocycles. The predicted octanol–water partition coefficient (Wildman–Crippen LogP) is 3.36. The summed E-state index contributed by atoms with van der Waals surface area (Å²) in [5.74, 6) is 0. The lowest BCUT2D eigenvalue weighted by molar-refractivity contribution is 0.548. The van der Waals surface area contributed by atoms with E-state index in [4.69, 9.17) is 16.9 Å². The molecule has 4 nitrogen and oxygen atoms in total. The van der Waals surface area contributed by atoms with Crippen molar-refractivity contribution in [2.45, 2.75) is 32.9 Å². The topological polar surface area (TPSA) is 53.6 Å². The highest BCUT2D eigenvalue weighted by atomic mass is 35.5. The normalized spacial score (nSPS) is 12.1. The molecule has 1 aromatic heterocycles. The van der Waals surface area contributed by atoms with Gasteiger partial charge in [-0.15, -0.1) is 0 Å². The Hall–Kier alpha value is -1.83. The van der Waals surface area contributed by atoms with Gasteiger partial charge in [0.15, 0.2) is 0 Å². The Labute approximate surface area is 130 Å². The molecular weight excluding hydrogens is 284 g/mol. The Balaban J connectivity index is 2.05. The Bertz CT molecular complexity index is 652. The minimum absolute atomic E-state index is 0.175. The summed E-state index contributed by atoms with van der Waals surface area (Å²) in [5.41, 5.74) is 3.74. The largest absolute Gasteiger partial charge is 0.305 e. The van der Waals surface area contributed by atoms with Crippen molar-refractivity contribution in [3.05, 3.63) is 51.8 Å². The van der Waals surface area contributed by atoms with Crippen molar-refractivity contribution < 1.29 is 0 Å². The molecule has 1 unspecified atom stereocenters. The number of hydrogen-bond donors (Lipinski definition) is 1. The molecule has 5 heteroatoms. The second-order valence-electron chi connectivity index (χ2n) is 5.02. The first-order chi connectivity index (χ1) is 10.1. The van der Waals surface area contributed by atoms with Gasteiger partial charge in [0.25, 0.3) is 0 Å². The van der Waals surface area contributed by atoms with E-state index in [-0.39, 0.29) is 6.04 Å². The number of nitriles is 1. The number of nitrogens with zero attached hydrogens (tertiary/aromatic N) is 3. The van der Waals surface area contributed by atoms with Gasteiger partial charge >= 0.3 is 0 Å². The van der Waals surface area contributed by atoms with E-state index in [1.54, 1.807) is 0 Å². The quantitative estimate of drug-likeness (QED) is 0.921. The molecule has 0 radical (unpaired) electrons. The monoisotopic (exact) mass is 302 g/mol. The predicted molar refractivity (Wildman–Crippen MR) is 84.0 cm³/mol. The van der Waals surface area contributed by atoms with Crippen molar-refractivity contribution in [3.63, 3.8) is 0 Å². The van der Waals surface area contributed by atoms with Crippen LogP contribution in [0.2, 0.25) is 5.02 Å². The van der Waals surface area contributed by atoms with Crippen LogP contribution in [0.3, 0.4) is 0 Å². The van der Waals surface area contributed by atoms with E-state index in [1.807, 2.05) is 42.9 Å². The van der Waals surface area contributed by atoms with Crippen molar-refractivity contribution in [3.8, 4) is 6.07 Å². The van der Waals surface area contributed by atoms with Crippen LogP contribution in [0.5, 0.6) is 0 Å². The van der Waals surface area contributed by atoms with Crippen molar-refractivity contribution in [1.29, 1.82) is 5.26 Å². The third-order valence-electron chi connectivity index (χ3n) is 3.62. The summed E-state index contributed by atoms with van der Waals surface area (Å²) in [6.45, 7) is 4.79. The minimum Gasteiger partial charge on any atom is -0.305 e. The molecular formula is C16H19ClN4. The summed E-state index contributed by atoms with van der Waals surface area (Å²) in [6.07, 6.45) is 0.831. The molecule has 0 aliphatic carbocycles. The van der Waals surface area contributed by atoms with Crippen LogP contribution in [0, 0.1) is 11.3 Å². The van der Waals surface area contributed by atoms with Crippen molar-refractivity contribution in [1.82, 2.24) is 15.1 Å². The number of aromatic nitrogens is 2. The molecule has 0 spiro atoms. The Morgan fingerprint density at radius 3 is 2.57 bits per heavy atom. The van der Waals surface area contributed by atoms with Gasteiger partial charge in [0, 0.05) is 19.6 Å². The van der Waals surface area contributed by atoms with Gasteiger partial charge in [0.2, 0.25) is 0 Å². The molecule has 0 saturated heterocycles. The highest BCUT2D eigenvalue weighted by Gasteiger charge is 2.14. The molecule has 2 aromatic rings. The molecule has 110 valence electrons. The van der Waals surface area contributed by atoms with Crippen LogP contribution >= 0.6 is 11.6 Å². The highest BCUT2D eigenvalue weighted by molar-refractivity contribution is 6.31. The molecule has 21 heavy (non-hydrogen) atoms. The molecule has 2 rings (SSSR count). The van der Waals surface area contributed by atoms with Crippen LogP contribution in [-0.4, -0.2) is 9.78 Å². The summed E-state index contributed by atoms with van der Waals surface area (Å²) >= 11 is 6.34. The number of rotatable bonds is 5. The first-order valence-electron chi connectivity index (χ1n) is 7.00. The molecule has 0 bridgehead atoms. The van der Waals surface area contributed by atoms with Crippen LogP contribution in [0.4, 0.5) is 0 Å². The van der Waals surface area contributed by atoms with E-state index < -0.39 is 0 Å². The van der Waals surface area contributed by atoms with Gasteiger partial charge in [-0.2, -0.15) is 10.4 Å². The summed E-state index contributed by atoms with van der Waals surface area (Å²) in [4.78, 5) is 0. The van der Waals surface area contributed by atoms with E-state index in [0.717, 1.165) is 28.4 Å². The van der Waals surface area contributed by atoms with Gasteiger partial charge in [-0.1, -0.05) is 30.7 Å². The van der Waals surface area contributed by atoms with Gasteiger partial charge in [0.05, 0.1) is 28.0 Å². The molecule has 1 heterocycles. The number of hydrogen-bond acceptors (Lipinski definition) is 3. The van der Waals surface area contributed by atoms with Gasteiger partial charge in [-0.3, -0.25) is 4.68 Å². The zero-order chi connectivity index (χ0) is 15.4. The van der Waals surface area contributed by atoms with Crippen molar-refractivity contribution >= 4 is 11.6 Å². The van der Waals surface area contributed by atoms with Crippen molar-refractivity contribution in [2.75, 3.05) is 0 Å². The molecule has 0 aliphatic heterocycles. The van der Waals surface area contributed by atoms with Crippen LogP contribution in [0.15, 0.2) is 24.3 Å². The lowest BCUT2D eigenvalue weighted by Gasteiger charge is -2.14. The summed E-state index contributed by atoms with van der Waals surface area (Å²) in [7, 11) is 1.91. The van der Waals surface area contributed by atoms with Crippen molar-refractivity contribution in [2.24, 2.45) is 7.05 Å². The Morgan fingerprint density at radius 1 is 1.38 bits per heavy atom. The number of nitrogens with one attached hydrogen (secondary N) is 1. The van der Waals surface area contributed by atoms with Gasteiger partial charge < -0.3 is 5.32 Å². The number of benzene rings is 1. The van der Waals surface area contributed by atoms with Gasteiger partial charge in [0.1, 0.15) is 0 Å². The SMILES string of the molecule is CCc1nn(C)c(CNC(C)c2ccc(C#N)cc2)c1Cl. The van der Waals surface area contributed by atoms with Crippen LogP contribution in [0.25, 0.3) is 0 Å². The molecule has 1 N–H and O–H groups in total. The zero-order valence-electron chi connectivity index (χ0n) is 12.5. The average molecular weight is 303 g/mol. The number of aryl methyl sites for hydroxylation is 2. The second-order valence-corrected chi connectivity index (χ2v) is 5.40. The third kappa shape index (κ3) is 3.44. The second kappa shape index (κ2) is 6.75. The Kier molecular flexibility index (Phi) is 5.00. The molecule has 1 aromatic carbocycles. The maximum Gasteiger partial charge on any atom is 0.0991 e. The smallest absolute Gasteiger partial charge is 0.0991 e. The average Bonchev–Trinajstić information content (AvgIpc) is 2.79. The molecule has 0 fully saturated rings. The maximum absolute atomic E-state index is 8.82. The first-order valence-corrected chi connectivity index (χ1v) is 7.38. The van der Waals surface area contributed by atoms with E-state index in [0.29, 0.717) is 12.1 Å². The zero-order valence-corrected chi connectivity index (χ0v) is 13.3. The molecule has 0 aliphatic rings.